The molecule has 0 spiro atoms. The van der Waals surface area contributed by atoms with E-state index in [0.29, 0.717) is 18.7 Å². The average molecular weight is 361 g/mol. The van der Waals surface area contributed by atoms with E-state index in [1.165, 1.54) is 12.1 Å². The van der Waals surface area contributed by atoms with Crippen molar-refractivity contribution in [3.05, 3.63) is 28.8 Å². The Balaban J connectivity index is 2.27. The molecular weight excluding hydrogens is 340 g/mol. The van der Waals surface area contributed by atoms with Crippen molar-refractivity contribution in [2.45, 2.75) is 32.5 Å². The van der Waals surface area contributed by atoms with E-state index in [-0.39, 0.29) is 22.7 Å². The van der Waals surface area contributed by atoms with E-state index in [1.54, 1.807) is 11.0 Å². The minimum Gasteiger partial charge on any atom is -0.369 e. The maximum atomic E-state index is 12.7. The third-order valence-corrected chi connectivity index (χ3v) is 4.29. The zero-order chi connectivity index (χ0) is 17.4. The number of carbonyl (C=O) groups is 1. The molecule has 1 aromatic carbocycles. The SMILES string of the molecule is CC1CN(C(=O)c2ccc(Cl)c(NS(C)(=O)=O)c2)CC(C)(C)O1. The average Bonchev–Trinajstić information content (AvgIpc) is 2.36. The lowest BCUT2D eigenvalue weighted by atomic mass is 10.0. The summed E-state index contributed by atoms with van der Waals surface area (Å²) in [6.07, 6.45) is 0.966. The minimum absolute atomic E-state index is 0.0661. The van der Waals surface area contributed by atoms with Crippen LogP contribution in [0.3, 0.4) is 0 Å². The summed E-state index contributed by atoms with van der Waals surface area (Å²) in [5, 5.41) is 0.239. The van der Waals surface area contributed by atoms with Gasteiger partial charge in [0, 0.05) is 18.7 Å². The first-order valence-electron chi connectivity index (χ1n) is 7.21. The molecule has 2 rings (SSSR count). The first-order chi connectivity index (χ1) is 10.5. The van der Waals surface area contributed by atoms with Crippen LogP contribution in [0.5, 0.6) is 0 Å². The first kappa shape index (κ1) is 18.0. The van der Waals surface area contributed by atoms with Crippen LogP contribution in [0.4, 0.5) is 5.69 Å². The number of carbonyl (C=O) groups excluding carboxylic acids is 1. The van der Waals surface area contributed by atoms with Gasteiger partial charge in [0.25, 0.3) is 5.91 Å². The van der Waals surface area contributed by atoms with Crippen molar-refractivity contribution >= 4 is 33.2 Å². The van der Waals surface area contributed by atoms with Gasteiger partial charge in [-0.25, -0.2) is 8.42 Å². The molecule has 0 aromatic heterocycles. The van der Waals surface area contributed by atoms with Crippen molar-refractivity contribution in [1.29, 1.82) is 0 Å². The second-order valence-electron chi connectivity index (χ2n) is 6.44. The first-order valence-corrected chi connectivity index (χ1v) is 9.48. The number of sulfonamides is 1. The van der Waals surface area contributed by atoms with Crippen LogP contribution in [-0.4, -0.2) is 50.3 Å². The second-order valence-corrected chi connectivity index (χ2v) is 8.60. The van der Waals surface area contributed by atoms with Crippen LogP contribution in [0.15, 0.2) is 18.2 Å². The van der Waals surface area contributed by atoms with Crippen LogP contribution in [0.2, 0.25) is 5.02 Å². The van der Waals surface area contributed by atoms with Gasteiger partial charge in [0.15, 0.2) is 0 Å². The smallest absolute Gasteiger partial charge is 0.254 e. The maximum absolute atomic E-state index is 12.7. The van der Waals surface area contributed by atoms with Gasteiger partial charge in [0.05, 0.1) is 28.7 Å². The van der Waals surface area contributed by atoms with Crippen molar-refractivity contribution in [3.63, 3.8) is 0 Å². The van der Waals surface area contributed by atoms with Gasteiger partial charge in [-0.05, 0) is 39.0 Å². The molecule has 1 unspecified atom stereocenters. The molecule has 128 valence electrons. The highest BCUT2D eigenvalue weighted by Gasteiger charge is 2.34. The zero-order valence-electron chi connectivity index (χ0n) is 13.6. The van der Waals surface area contributed by atoms with Gasteiger partial charge in [-0.2, -0.15) is 0 Å². The molecule has 1 aliphatic rings. The van der Waals surface area contributed by atoms with E-state index in [1.807, 2.05) is 20.8 Å². The number of halogens is 1. The molecular formula is C15H21ClN2O4S. The van der Waals surface area contributed by atoms with Crippen molar-refractivity contribution < 1.29 is 17.9 Å². The molecule has 6 nitrogen and oxygen atoms in total. The Hall–Kier alpha value is -1.31. The largest absolute Gasteiger partial charge is 0.369 e. The van der Waals surface area contributed by atoms with Gasteiger partial charge in [-0.15, -0.1) is 0 Å². The normalized spacial score (nSPS) is 21.1. The molecule has 0 saturated carbocycles. The number of hydrogen-bond donors (Lipinski definition) is 1. The fourth-order valence-electron chi connectivity index (χ4n) is 2.73. The highest BCUT2D eigenvalue weighted by Crippen LogP contribution is 2.27. The fourth-order valence-corrected chi connectivity index (χ4v) is 3.52. The van der Waals surface area contributed by atoms with E-state index in [9.17, 15) is 13.2 Å². The van der Waals surface area contributed by atoms with E-state index < -0.39 is 15.6 Å². The van der Waals surface area contributed by atoms with Crippen LogP contribution in [0.1, 0.15) is 31.1 Å². The molecule has 1 saturated heterocycles. The Bertz CT molecular complexity index is 718. The van der Waals surface area contributed by atoms with E-state index >= 15 is 0 Å². The second kappa shape index (κ2) is 6.30. The van der Waals surface area contributed by atoms with E-state index in [2.05, 4.69) is 4.72 Å². The predicted molar refractivity (Wildman–Crippen MR) is 90.4 cm³/mol. The lowest BCUT2D eigenvalue weighted by molar-refractivity contribution is -0.118. The molecule has 1 N–H and O–H groups in total. The Labute approximate surface area is 141 Å². The summed E-state index contributed by atoms with van der Waals surface area (Å²) in [4.78, 5) is 14.4. The molecule has 1 aliphatic heterocycles. The number of nitrogens with one attached hydrogen (secondary N) is 1. The van der Waals surface area contributed by atoms with Gasteiger partial charge in [0.1, 0.15) is 0 Å². The minimum atomic E-state index is -3.47. The highest BCUT2D eigenvalue weighted by atomic mass is 35.5. The van der Waals surface area contributed by atoms with Gasteiger partial charge in [-0.3, -0.25) is 9.52 Å². The number of rotatable bonds is 3. The number of benzene rings is 1. The lowest BCUT2D eigenvalue weighted by Crippen LogP contribution is -2.53. The summed E-state index contributed by atoms with van der Waals surface area (Å²) in [6, 6.07) is 4.56. The van der Waals surface area contributed by atoms with Gasteiger partial charge >= 0.3 is 0 Å². The molecule has 1 amide bonds. The van der Waals surface area contributed by atoms with Crippen molar-refractivity contribution in [3.8, 4) is 0 Å². The fraction of sp³-hybridized carbons (Fsp3) is 0.533. The molecule has 1 atom stereocenters. The van der Waals surface area contributed by atoms with Crippen LogP contribution in [0.25, 0.3) is 0 Å². The number of ether oxygens (including phenoxy) is 1. The summed E-state index contributed by atoms with van der Waals surface area (Å²) in [7, 11) is -3.47. The zero-order valence-corrected chi connectivity index (χ0v) is 15.2. The number of amides is 1. The van der Waals surface area contributed by atoms with Gasteiger partial charge in [0.2, 0.25) is 10.0 Å². The standard InChI is InChI=1S/C15H21ClN2O4S/c1-10-8-18(9-15(2,3)22-10)14(19)11-5-6-12(16)13(7-11)17-23(4,20)21/h5-7,10,17H,8-9H2,1-4H3. The third-order valence-electron chi connectivity index (χ3n) is 3.37. The van der Waals surface area contributed by atoms with Gasteiger partial charge < -0.3 is 9.64 Å². The number of nitrogens with zero attached hydrogens (tertiary/aromatic N) is 1. The van der Waals surface area contributed by atoms with Gasteiger partial charge in [-0.1, -0.05) is 11.6 Å². The summed E-state index contributed by atoms with van der Waals surface area (Å²) >= 11 is 5.99. The topological polar surface area (TPSA) is 75.7 Å². The summed E-state index contributed by atoms with van der Waals surface area (Å²) in [5.74, 6) is -0.179. The number of hydrogen-bond acceptors (Lipinski definition) is 4. The van der Waals surface area contributed by atoms with E-state index in [4.69, 9.17) is 16.3 Å². The lowest BCUT2D eigenvalue weighted by Gasteiger charge is -2.41. The monoisotopic (exact) mass is 360 g/mol. The Morgan fingerprint density at radius 2 is 2.09 bits per heavy atom. The third kappa shape index (κ3) is 4.83. The Morgan fingerprint density at radius 3 is 2.65 bits per heavy atom. The summed E-state index contributed by atoms with van der Waals surface area (Å²) in [5.41, 5.74) is 0.152. The van der Waals surface area contributed by atoms with Crippen LogP contribution >= 0.6 is 11.6 Å². The summed E-state index contributed by atoms with van der Waals surface area (Å²) < 4.78 is 30.9. The Morgan fingerprint density at radius 1 is 1.43 bits per heavy atom. The molecule has 0 radical (unpaired) electrons. The van der Waals surface area contributed by atoms with Crippen LogP contribution in [-0.2, 0) is 14.8 Å². The molecule has 1 aromatic rings. The summed E-state index contributed by atoms with van der Waals surface area (Å²) in [6.45, 7) is 6.73. The maximum Gasteiger partial charge on any atom is 0.254 e. The van der Waals surface area contributed by atoms with Crippen molar-refractivity contribution in [2.24, 2.45) is 0 Å². The van der Waals surface area contributed by atoms with Crippen molar-refractivity contribution in [2.75, 3.05) is 24.1 Å². The number of anilines is 1. The molecule has 8 heteroatoms. The molecule has 0 aliphatic carbocycles. The molecule has 1 fully saturated rings. The Kier molecular flexibility index (Phi) is 4.94. The predicted octanol–water partition coefficient (Wildman–Crippen LogP) is 2.35. The molecule has 0 bridgehead atoms. The molecule has 23 heavy (non-hydrogen) atoms. The number of morpholine rings is 1. The highest BCUT2D eigenvalue weighted by molar-refractivity contribution is 7.92. The van der Waals surface area contributed by atoms with E-state index in [0.717, 1.165) is 6.26 Å². The van der Waals surface area contributed by atoms with Crippen LogP contribution in [0, 0.1) is 0 Å². The quantitative estimate of drug-likeness (QED) is 0.897. The molecule has 1 heterocycles. The van der Waals surface area contributed by atoms with Crippen molar-refractivity contribution in [1.82, 2.24) is 4.90 Å². The van der Waals surface area contributed by atoms with Crippen LogP contribution < -0.4 is 4.72 Å².